The smallest absolute Gasteiger partial charge is 0.249 e. The van der Waals surface area contributed by atoms with Crippen molar-refractivity contribution in [2.75, 3.05) is 0 Å². The van der Waals surface area contributed by atoms with E-state index in [-0.39, 0.29) is 28.5 Å². The van der Waals surface area contributed by atoms with Crippen LogP contribution in [0.25, 0.3) is 0 Å². The fraction of sp³-hybridized carbons (Fsp3) is 0.500. The molecule has 5 nitrogen and oxygen atoms in total. The number of amides is 1. The number of carbonyl (C=O) groups excluding carboxylic acids is 2. The average Bonchev–Trinajstić information content (AvgIpc) is 2.50. The summed E-state index contributed by atoms with van der Waals surface area (Å²) in [4.78, 5) is 28.7. The van der Waals surface area contributed by atoms with E-state index in [1.807, 2.05) is 0 Å². The maximum absolute atomic E-state index is 14.8. The van der Waals surface area contributed by atoms with E-state index in [0.717, 1.165) is 0 Å². The topological polar surface area (TPSA) is 81.4 Å². The molecule has 3 saturated carbocycles. The predicted octanol–water partition coefficient (Wildman–Crippen LogP) is 2.39. The summed E-state index contributed by atoms with van der Waals surface area (Å²) in [6, 6.07) is 2.88. The number of hydrogen-bond acceptors (Lipinski definition) is 4. The van der Waals surface area contributed by atoms with E-state index in [9.17, 15) is 14.0 Å². The van der Waals surface area contributed by atoms with Crippen LogP contribution in [0.5, 0.6) is 5.75 Å². The molecular formula is C16H18ClFN2O3. The van der Waals surface area contributed by atoms with Gasteiger partial charge in [0.15, 0.2) is 11.5 Å². The second kappa shape index (κ2) is 5.46. The zero-order valence-electron chi connectivity index (χ0n) is 12.7. The Morgan fingerprint density at radius 2 is 2.00 bits per heavy atom. The van der Waals surface area contributed by atoms with Gasteiger partial charge in [-0.25, -0.2) is 4.39 Å². The van der Waals surface area contributed by atoms with Gasteiger partial charge in [-0.2, -0.15) is 5.48 Å². The maximum atomic E-state index is 14.8. The van der Waals surface area contributed by atoms with E-state index in [0.29, 0.717) is 25.7 Å². The molecule has 3 fully saturated rings. The zero-order chi connectivity index (χ0) is 16.8. The van der Waals surface area contributed by atoms with Gasteiger partial charge in [0.2, 0.25) is 5.91 Å². The van der Waals surface area contributed by atoms with Gasteiger partial charge < -0.3 is 10.6 Å². The van der Waals surface area contributed by atoms with Crippen LogP contribution in [0.3, 0.4) is 0 Å². The van der Waals surface area contributed by atoms with Gasteiger partial charge in [0.25, 0.3) is 0 Å². The fourth-order valence-corrected chi connectivity index (χ4v) is 3.85. The molecule has 0 aromatic heterocycles. The van der Waals surface area contributed by atoms with Crippen molar-refractivity contribution in [2.45, 2.75) is 50.0 Å². The van der Waals surface area contributed by atoms with Crippen molar-refractivity contribution in [3.05, 3.63) is 28.5 Å². The number of halogens is 2. The largest absolute Gasteiger partial charge is 0.379 e. The first-order valence-corrected chi connectivity index (χ1v) is 7.89. The number of rotatable bonds is 3. The van der Waals surface area contributed by atoms with E-state index >= 15 is 0 Å². The predicted molar refractivity (Wildman–Crippen MR) is 82.5 cm³/mol. The highest BCUT2D eigenvalue weighted by Gasteiger charge is 2.54. The number of ketones is 1. The monoisotopic (exact) mass is 340 g/mol. The van der Waals surface area contributed by atoms with Gasteiger partial charge in [0, 0.05) is 24.3 Å². The molecule has 7 heteroatoms. The molecule has 0 saturated heterocycles. The molecular weight excluding hydrogens is 323 g/mol. The van der Waals surface area contributed by atoms with Gasteiger partial charge in [-0.1, -0.05) is 11.6 Å². The number of fused-ring (bicyclic) bond motifs is 3. The third-order valence-corrected chi connectivity index (χ3v) is 5.34. The highest BCUT2D eigenvalue weighted by Crippen LogP contribution is 2.54. The standard InChI is InChI=1S/C16H18ClFN2O3/c1-9(21)20-23-11-3-2-10(17)14(18)13(11)15-4-6-16(19,7-5-15)12(22)8-15/h2-3H,4-8,19H2,1H3,(H,20,21). The van der Waals surface area contributed by atoms with Crippen molar-refractivity contribution in [3.63, 3.8) is 0 Å². The summed E-state index contributed by atoms with van der Waals surface area (Å²) in [5, 5.41) is -0.0350. The minimum Gasteiger partial charge on any atom is -0.379 e. The van der Waals surface area contributed by atoms with Crippen LogP contribution in [-0.2, 0) is 15.0 Å². The van der Waals surface area contributed by atoms with Gasteiger partial charge >= 0.3 is 0 Å². The molecule has 2 bridgehead atoms. The van der Waals surface area contributed by atoms with E-state index in [2.05, 4.69) is 5.48 Å². The van der Waals surface area contributed by atoms with Gasteiger partial charge in [0.1, 0.15) is 5.82 Å². The highest BCUT2D eigenvalue weighted by atomic mass is 35.5. The maximum Gasteiger partial charge on any atom is 0.249 e. The first-order valence-electron chi connectivity index (χ1n) is 7.52. The Kier molecular flexibility index (Phi) is 3.84. The molecule has 0 unspecified atom stereocenters. The second-order valence-corrected chi connectivity index (χ2v) is 6.94. The van der Waals surface area contributed by atoms with Crippen LogP contribution in [0.15, 0.2) is 12.1 Å². The normalized spacial score (nSPS) is 29.5. The third-order valence-electron chi connectivity index (χ3n) is 5.05. The first-order chi connectivity index (χ1) is 10.8. The van der Waals surface area contributed by atoms with Crippen molar-refractivity contribution >= 4 is 23.3 Å². The van der Waals surface area contributed by atoms with Crippen LogP contribution in [0.2, 0.25) is 5.02 Å². The molecule has 0 spiro atoms. The van der Waals surface area contributed by atoms with Crippen LogP contribution in [0.1, 0.15) is 44.6 Å². The molecule has 0 heterocycles. The lowest BCUT2D eigenvalue weighted by molar-refractivity contribution is -0.132. The number of Topliss-reactive ketones (excluding diaryl/α,β-unsaturated/α-hetero) is 1. The summed E-state index contributed by atoms with van der Waals surface area (Å²) >= 11 is 5.94. The molecule has 23 heavy (non-hydrogen) atoms. The van der Waals surface area contributed by atoms with E-state index < -0.39 is 22.7 Å². The molecule has 3 N–H and O–H groups in total. The Bertz CT molecular complexity index is 684. The zero-order valence-corrected chi connectivity index (χ0v) is 13.5. The lowest BCUT2D eigenvalue weighted by Crippen LogP contribution is -2.60. The number of benzene rings is 1. The van der Waals surface area contributed by atoms with Crippen LogP contribution in [0.4, 0.5) is 4.39 Å². The quantitative estimate of drug-likeness (QED) is 0.828. The SMILES string of the molecule is CC(=O)NOc1ccc(Cl)c(F)c1C12CCC(N)(CC1)C(=O)C2. The third kappa shape index (κ3) is 2.60. The van der Waals surface area contributed by atoms with Crippen LogP contribution in [0, 0.1) is 5.82 Å². The number of nitrogens with one attached hydrogen (secondary N) is 1. The van der Waals surface area contributed by atoms with Gasteiger partial charge in [-0.05, 0) is 37.8 Å². The number of hydroxylamine groups is 1. The summed E-state index contributed by atoms with van der Waals surface area (Å²) < 4.78 is 14.8. The molecule has 1 amide bonds. The first kappa shape index (κ1) is 16.2. The van der Waals surface area contributed by atoms with E-state index in [1.54, 1.807) is 0 Å². The molecule has 1 aromatic rings. The highest BCUT2D eigenvalue weighted by molar-refractivity contribution is 6.30. The number of carbonyl (C=O) groups is 2. The minimum atomic E-state index is -0.782. The molecule has 3 aliphatic carbocycles. The van der Waals surface area contributed by atoms with Crippen molar-refractivity contribution in [2.24, 2.45) is 5.73 Å². The van der Waals surface area contributed by atoms with Gasteiger partial charge in [0.05, 0.1) is 10.6 Å². The van der Waals surface area contributed by atoms with Crippen molar-refractivity contribution in [1.29, 1.82) is 0 Å². The molecule has 3 aliphatic rings. The van der Waals surface area contributed by atoms with Crippen LogP contribution < -0.4 is 16.1 Å². The Morgan fingerprint density at radius 1 is 1.35 bits per heavy atom. The summed E-state index contributed by atoms with van der Waals surface area (Å²) in [5.74, 6) is -0.886. The minimum absolute atomic E-state index is 0.0350. The van der Waals surface area contributed by atoms with E-state index in [1.165, 1.54) is 19.1 Å². The second-order valence-electron chi connectivity index (χ2n) is 6.53. The Labute approximate surface area is 138 Å². The average molecular weight is 341 g/mol. The lowest BCUT2D eigenvalue weighted by Gasteiger charge is -2.50. The number of hydrogen-bond donors (Lipinski definition) is 2. The molecule has 0 aliphatic heterocycles. The van der Waals surface area contributed by atoms with Gasteiger partial charge in [-0.3, -0.25) is 9.59 Å². The molecule has 0 radical (unpaired) electrons. The Hall–Kier alpha value is -1.66. The molecule has 4 rings (SSSR count). The summed E-state index contributed by atoms with van der Waals surface area (Å²) in [6.45, 7) is 1.29. The summed E-state index contributed by atoms with van der Waals surface area (Å²) in [5.41, 5.74) is 7.12. The molecule has 124 valence electrons. The molecule has 1 aromatic carbocycles. The number of nitrogens with two attached hydrogens (primary N) is 1. The van der Waals surface area contributed by atoms with Crippen molar-refractivity contribution in [1.82, 2.24) is 5.48 Å². The summed E-state index contributed by atoms with van der Waals surface area (Å²) in [6.07, 6.45) is 2.36. The Morgan fingerprint density at radius 3 is 2.57 bits per heavy atom. The summed E-state index contributed by atoms with van der Waals surface area (Å²) in [7, 11) is 0. The van der Waals surface area contributed by atoms with Gasteiger partial charge in [-0.15, -0.1) is 0 Å². The Balaban J connectivity index is 2.06. The fourth-order valence-electron chi connectivity index (χ4n) is 3.69. The lowest BCUT2D eigenvalue weighted by atomic mass is 9.54. The van der Waals surface area contributed by atoms with Crippen LogP contribution in [-0.4, -0.2) is 17.2 Å². The van der Waals surface area contributed by atoms with Crippen molar-refractivity contribution in [3.8, 4) is 5.75 Å². The van der Waals surface area contributed by atoms with E-state index in [4.69, 9.17) is 22.2 Å². The van der Waals surface area contributed by atoms with Crippen LogP contribution >= 0.6 is 11.6 Å². The molecule has 0 atom stereocenters. The van der Waals surface area contributed by atoms with Crippen molar-refractivity contribution < 1.29 is 18.8 Å².